The van der Waals surface area contributed by atoms with E-state index >= 15 is 0 Å². The number of rotatable bonds is 6. The van der Waals surface area contributed by atoms with Gasteiger partial charge in [0.25, 0.3) is 5.22 Å². The van der Waals surface area contributed by atoms with E-state index in [1.807, 2.05) is 55.5 Å². The van der Waals surface area contributed by atoms with Gasteiger partial charge in [0.2, 0.25) is 11.8 Å². The number of oxazole rings is 1. The summed E-state index contributed by atoms with van der Waals surface area (Å²) in [6, 6.07) is 15.2. The molecule has 2 aromatic heterocycles. The van der Waals surface area contributed by atoms with Crippen LogP contribution in [0.5, 0.6) is 5.75 Å². The number of aromatic nitrogens is 3. The molecular weight excluding hydrogens is 338 g/mol. The molecule has 6 nitrogen and oxygen atoms in total. The van der Waals surface area contributed by atoms with Gasteiger partial charge in [-0.25, -0.2) is 4.98 Å². The van der Waals surface area contributed by atoms with Crippen LogP contribution in [0.3, 0.4) is 0 Å². The summed E-state index contributed by atoms with van der Waals surface area (Å²) in [5, 5.41) is 8.63. The first kappa shape index (κ1) is 15.7. The SMILES string of the molecule is CCOc1ccc(-c2nnc(SCc3nc4ccccc4o3)o2)cc1. The van der Waals surface area contributed by atoms with Crippen molar-refractivity contribution in [3.63, 3.8) is 0 Å². The second-order valence-electron chi connectivity index (χ2n) is 5.19. The number of para-hydroxylation sites is 2. The van der Waals surface area contributed by atoms with Crippen LogP contribution in [-0.2, 0) is 5.75 Å². The number of nitrogens with zero attached hydrogens (tertiary/aromatic N) is 3. The standard InChI is InChI=1S/C18H15N3O3S/c1-2-22-13-9-7-12(8-10-13)17-20-21-18(24-17)25-11-16-19-14-5-3-4-6-15(14)23-16/h3-10H,2,11H2,1H3. The van der Waals surface area contributed by atoms with Gasteiger partial charge in [-0.1, -0.05) is 23.9 Å². The summed E-state index contributed by atoms with van der Waals surface area (Å²) in [6.45, 7) is 2.59. The monoisotopic (exact) mass is 353 g/mol. The minimum absolute atomic E-state index is 0.475. The zero-order chi connectivity index (χ0) is 17.1. The van der Waals surface area contributed by atoms with E-state index in [1.165, 1.54) is 11.8 Å². The van der Waals surface area contributed by atoms with Gasteiger partial charge >= 0.3 is 0 Å². The van der Waals surface area contributed by atoms with Gasteiger partial charge in [-0.15, -0.1) is 10.2 Å². The molecule has 0 saturated carbocycles. The third-order valence-corrected chi connectivity index (χ3v) is 4.28. The zero-order valence-corrected chi connectivity index (χ0v) is 14.3. The quantitative estimate of drug-likeness (QED) is 0.470. The average Bonchev–Trinajstić information content (AvgIpc) is 3.27. The fourth-order valence-electron chi connectivity index (χ4n) is 2.35. The molecule has 0 N–H and O–H groups in total. The summed E-state index contributed by atoms with van der Waals surface area (Å²) >= 11 is 1.39. The minimum Gasteiger partial charge on any atom is -0.494 e. The number of hydrogen-bond donors (Lipinski definition) is 0. The smallest absolute Gasteiger partial charge is 0.277 e. The number of thioether (sulfide) groups is 1. The normalized spacial score (nSPS) is 11.1. The molecule has 0 bridgehead atoms. The van der Waals surface area contributed by atoms with Gasteiger partial charge in [0.05, 0.1) is 12.4 Å². The van der Waals surface area contributed by atoms with E-state index < -0.39 is 0 Å². The van der Waals surface area contributed by atoms with Crippen LogP contribution in [0.4, 0.5) is 0 Å². The molecule has 4 aromatic rings. The Morgan fingerprint density at radius 3 is 2.64 bits per heavy atom. The van der Waals surface area contributed by atoms with Crippen LogP contribution in [0, 0.1) is 0 Å². The largest absolute Gasteiger partial charge is 0.494 e. The number of fused-ring (bicyclic) bond motifs is 1. The first-order valence-corrected chi connectivity index (χ1v) is 8.84. The van der Waals surface area contributed by atoms with Crippen molar-refractivity contribution in [3.8, 4) is 17.2 Å². The lowest BCUT2D eigenvalue weighted by molar-refractivity contribution is 0.340. The molecule has 25 heavy (non-hydrogen) atoms. The van der Waals surface area contributed by atoms with Crippen molar-refractivity contribution >= 4 is 22.9 Å². The third-order valence-electron chi connectivity index (χ3n) is 3.48. The van der Waals surface area contributed by atoms with Crippen molar-refractivity contribution in [3.05, 3.63) is 54.4 Å². The van der Waals surface area contributed by atoms with Crippen molar-refractivity contribution in [1.29, 1.82) is 0 Å². The van der Waals surface area contributed by atoms with Crippen LogP contribution in [0.1, 0.15) is 12.8 Å². The summed E-state index contributed by atoms with van der Waals surface area (Å²) in [6.07, 6.45) is 0. The summed E-state index contributed by atoms with van der Waals surface area (Å²) in [7, 11) is 0. The van der Waals surface area contributed by atoms with Crippen molar-refractivity contribution in [1.82, 2.24) is 15.2 Å². The highest BCUT2D eigenvalue weighted by Gasteiger charge is 2.12. The topological polar surface area (TPSA) is 74.2 Å². The zero-order valence-electron chi connectivity index (χ0n) is 13.5. The fourth-order valence-corrected chi connectivity index (χ4v) is 2.96. The van der Waals surface area contributed by atoms with Crippen LogP contribution in [0.2, 0.25) is 0 Å². The average molecular weight is 353 g/mol. The molecule has 0 aliphatic rings. The number of hydrogen-bond acceptors (Lipinski definition) is 7. The lowest BCUT2D eigenvalue weighted by atomic mass is 10.2. The van der Waals surface area contributed by atoms with Crippen LogP contribution in [0.25, 0.3) is 22.6 Å². The summed E-state index contributed by atoms with van der Waals surface area (Å²) in [5.74, 6) is 2.45. The van der Waals surface area contributed by atoms with E-state index in [0.29, 0.717) is 29.4 Å². The van der Waals surface area contributed by atoms with E-state index in [-0.39, 0.29) is 0 Å². The Hall–Kier alpha value is -2.80. The van der Waals surface area contributed by atoms with Gasteiger partial charge in [0.15, 0.2) is 5.58 Å². The minimum atomic E-state index is 0.475. The highest BCUT2D eigenvalue weighted by atomic mass is 32.2. The molecule has 0 aliphatic heterocycles. The molecule has 0 amide bonds. The van der Waals surface area contributed by atoms with Crippen LogP contribution >= 0.6 is 11.8 Å². The maximum Gasteiger partial charge on any atom is 0.277 e. The lowest BCUT2D eigenvalue weighted by Crippen LogP contribution is -1.90. The van der Waals surface area contributed by atoms with Crippen molar-refractivity contribution in [2.75, 3.05) is 6.61 Å². The Balaban J connectivity index is 1.44. The molecule has 2 heterocycles. The Bertz CT molecular complexity index is 946. The van der Waals surface area contributed by atoms with Crippen LogP contribution < -0.4 is 4.74 Å². The Morgan fingerprint density at radius 2 is 1.84 bits per heavy atom. The highest BCUT2D eigenvalue weighted by molar-refractivity contribution is 7.98. The Morgan fingerprint density at radius 1 is 1.00 bits per heavy atom. The highest BCUT2D eigenvalue weighted by Crippen LogP contribution is 2.27. The molecule has 0 saturated heterocycles. The molecule has 0 aliphatic carbocycles. The van der Waals surface area contributed by atoms with E-state index in [1.54, 1.807) is 0 Å². The third kappa shape index (κ3) is 3.51. The predicted molar refractivity (Wildman–Crippen MR) is 94.5 cm³/mol. The molecule has 0 fully saturated rings. The van der Waals surface area contributed by atoms with Crippen LogP contribution in [-0.4, -0.2) is 21.8 Å². The Kier molecular flexibility index (Phi) is 4.39. The molecule has 4 rings (SSSR count). The molecule has 0 atom stereocenters. The Labute approximate surface area is 148 Å². The second kappa shape index (κ2) is 6.98. The van der Waals surface area contributed by atoms with Gasteiger partial charge in [-0.3, -0.25) is 0 Å². The molecule has 7 heteroatoms. The number of benzene rings is 2. The summed E-state index contributed by atoms with van der Waals surface area (Å²) < 4.78 is 16.8. The molecule has 2 aromatic carbocycles. The second-order valence-corrected chi connectivity index (χ2v) is 6.12. The van der Waals surface area contributed by atoms with Crippen molar-refractivity contribution < 1.29 is 13.6 Å². The van der Waals surface area contributed by atoms with Crippen LogP contribution in [0.15, 0.2) is 62.6 Å². The van der Waals surface area contributed by atoms with Gasteiger partial charge in [-0.2, -0.15) is 0 Å². The maximum atomic E-state index is 5.70. The van der Waals surface area contributed by atoms with E-state index in [0.717, 1.165) is 22.4 Å². The predicted octanol–water partition coefficient (Wildman–Crippen LogP) is 4.57. The first-order chi connectivity index (χ1) is 12.3. The molecular formula is C18H15N3O3S. The van der Waals surface area contributed by atoms with Crippen molar-refractivity contribution in [2.24, 2.45) is 0 Å². The van der Waals surface area contributed by atoms with Gasteiger partial charge in [0.1, 0.15) is 11.3 Å². The summed E-state index contributed by atoms with van der Waals surface area (Å²) in [4.78, 5) is 4.43. The molecule has 0 unspecified atom stereocenters. The number of ether oxygens (including phenoxy) is 1. The van der Waals surface area contributed by atoms with Gasteiger partial charge in [0, 0.05) is 5.56 Å². The molecule has 0 spiro atoms. The molecule has 126 valence electrons. The maximum absolute atomic E-state index is 5.70. The lowest BCUT2D eigenvalue weighted by Gasteiger charge is -2.02. The van der Waals surface area contributed by atoms with Gasteiger partial charge in [-0.05, 0) is 43.3 Å². The van der Waals surface area contributed by atoms with E-state index in [4.69, 9.17) is 13.6 Å². The summed E-state index contributed by atoms with van der Waals surface area (Å²) in [5.41, 5.74) is 2.47. The van der Waals surface area contributed by atoms with E-state index in [2.05, 4.69) is 15.2 Å². The molecule has 0 radical (unpaired) electrons. The van der Waals surface area contributed by atoms with Crippen molar-refractivity contribution in [2.45, 2.75) is 17.9 Å². The fraction of sp³-hybridized carbons (Fsp3) is 0.167. The first-order valence-electron chi connectivity index (χ1n) is 7.86. The van der Waals surface area contributed by atoms with E-state index in [9.17, 15) is 0 Å². The van der Waals surface area contributed by atoms with Gasteiger partial charge < -0.3 is 13.6 Å².